The molecule has 14 heavy (non-hydrogen) atoms. The summed E-state index contributed by atoms with van der Waals surface area (Å²) in [5.41, 5.74) is -1.07. The van der Waals surface area contributed by atoms with Crippen molar-refractivity contribution in [3.05, 3.63) is 21.4 Å². The third-order valence-corrected chi connectivity index (χ3v) is 3.95. The second kappa shape index (κ2) is 2.81. The molecule has 0 spiro atoms. The van der Waals surface area contributed by atoms with Crippen LogP contribution in [0, 0.1) is 12.8 Å². The molecule has 4 heteroatoms. The van der Waals surface area contributed by atoms with Crippen LogP contribution in [0.5, 0.6) is 0 Å². The van der Waals surface area contributed by atoms with E-state index in [1.165, 1.54) is 0 Å². The second-order valence-electron chi connectivity index (χ2n) is 3.87. The van der Waals surface area contributed by atoms with Crippen LogP contribution in [0.4, 0.5) is 0 Å². The molecule has 2 rings (SSSR count). The molecule has 1 aromatic heterocycles. The van der Waals surface area contributed by atoms with E-state index < -0.39 is 11.6 Å². The molecule has 0 amide bonds. The van der Waals surface area contributed by atoms with Gasteiger partial charge in [0.2, 0.25) is 0 Å². The second-order valence-corrected chi connectivity index (χ2v) is 5.21. The van der Waals surface area contributed by atoms with Crippen molar-refractivity contribution in [2.45, 2.75) is 25.9 Å². The van der Waals surface area contributed by atoms with Crippen molar-refractivity contribution in [2.75, 3.05) is 0 Å². The number of carboxylic acids is 1. The largest absolute Gasteiger partial charge is 0.479 e. The molecule has 1 heterocycles. The normalized spacial score (nSPS) is 30.4. The topological polar surface area (TPSA) is 57.5 Å². The van der Waals surface area contributed by atoms with Crippen molar-refractivity contribution < 1.29 is 15.0 Å². The minimum absolute atomic E-state index is 0.234. The molecule has 0 fully saturated rings. The fourth-order valence-corrected chi connectivity index (χ4v) is 3.28. The fourth-order valence-electron chi connectivity index (χ4n) is 2.05. The maximum absolute atomic E-state index is 11.1. The molecule has 2 N–H and O–H groups in total. The number of fused-ring (bicyclic) bond motifs is 1. The standard InChI is InChI=1S/C10H12O3S/c1-5-3-8-7(4-6(2)14-8)10(5,13)9(11)12/h4-5,13H,3H2,1-2H3,(H,11,12). The number of hydrogen-bond donors (Lipinski definition) is 2. The van der Waals surface area contributed by atoms with Crippen LogP contribution in [0.2, 0.25) is 0 Å². The quantitative estimate of drug-likeness (QED) is 0.742. The van der Waals surface area contributed by atoms with Gasteiger partial charge in [-0.1, -0.05) is 6.92 Å². The van der Waals surface area contributed by atoms with Gasteiger partial charge in [-0.15, -0.1) is 11.3 Å². The monoisotopic (exact) mass is 212 g/mol. The number of carboxylic acid groups (broad SMARTS) is 1. The maximum Gasteiger partial charge on any atom is 0.340 e. The van der Waals surface area contributed by atoms with Gasteiger partial charge < -0.3 is 10.2 Å². The molecular weight excluding hydrogens is 200 g/mol. The Morgan fingerprint density at radius 3 is 2.93 bits per heavy atom. The maximum atomic E-state index is 11.1. The number of aliphatic hydroxyl groups is 1. The average Bonchev–Trinajstić information content (AvgIpc) is 2.53. The van der Waals surface area contributed by atoms with Gasteiger partial charge >= 0.3 is 5.97 Å². The Hall–Kier alpha value is -0.870. The van der Waals surface area contributed by atoms with Gasteiger partial charge in [0, 0.05) is 21.2 Å². The summed E-state index contributed by atoms with van der Waals surface area (Å²) in [7, 11) is 0. The molecule has 1 aliphatic carbocycles. The van der Waals surface area contributed by atoms with E-state index in [-0.39, 0.29) is 5.92 Å². The zero-order chi connectivity index (χ0) is 10.5. The highest BCUT2D eigenvalue weighted by molar-refractivity contribution is 7.12. The fraction of sp³-hybridized carbons (Fsp3) is 0.500. The predicted molar refractivity (Wildman–Crippen MR) is 53.5 cm³/mol. The van der Waals surface area contributed by atoms with E-state index >= 15 is 0 Å². The molecule has 76 valence electrons. The minimum Gasteiger partial charge on any atom is -0.479 e. The van der Waals surface area contributed by atoms with Crippen LogP contribution >= 0.6 is 11.3 Å². The highest BCUT2D eigenvalue weighted by Crippen LogP contribution is 2.45. The zero-order valence-electron chi connectivity index (χ0n) is 8.07. The van der Waals surface area contributed by atoms with Gasteiger partial charge in [0.15, 0.2) is 5.60 Å². The first kappa shape index (κ1) is 9.68. The van der Waals surface area contributed by atoms with E-state index in [0.29, 0.717) is 12.0 Å². The minimum atomic E-state index is -1.67. The Kier molecular flexibility index (Phi) is 1.94. The SMILES string of the molecule is Cc1cc2c(s1)CC(C)C2(O)C(=O)O. The van der Waals surface area contributed by atoms with E-state index in [1.54, 1.807) is 24.3 Å². The lowest BCUT2D eigenvalue weighted by Gasteiger charge is -2.22. The third kappa shape index (κ3) is 1.04. The summed E-state index contributed by atoms with van der Waals surface area (Å²) >= 11 is 1.58. The van der Waals surface area contributed by atoms with Crippen LogP contribution in [0.3, 0.4) is 0 Å². The van der Waals surface area contributed by atoms with Crippen LogP contribution in [-0.4, -0.2) is 16.2 Å². The summed E-state index contributed by atoms with van der Waals surface area (Å²) in [6.45, 7) is 3.70. The predicted octanol–water partition coefficient (Wildman–Crippen LogP) is 1.52. The van der Waals surface area contributed by atoms with Crippen LogP contribution < -0.4 is 0 Å². The number of aryl methyl sites for hydroxylation is 1. The molecule has 0 radical (unpaired) electrons. The average molecular weight is 212 g/mol. The van der Waals surface area contributed by atoms with Gasteiger partial charge in [-0.05, 0) is 19.4 Å². The molecule has 0 aromatic carbocycles. The van der Waals surface area contributed by atoms with Crippen LogP contribution in [0.1, 0.15) is 22.2 Å². The smallest absolute Gasteiger partial charge is 0.340 e. The molecule has 0 saturated heterocycles. The van der Waals surface area contributed by atoms with Crippen molar-refractivity contribution in [3.8, 4) is 0 Å². The van der Waals surface area contributed by atoms with Gasteiger partial charge in [0.05, 0.1) is 0 Å². The van der Waals surface area contributed by atoms with Crippen LogP contribution in [-0.2, 0) is 16.8 Å². The summed E-state index contributed by atoms with van der Waals surface area (Å²) in [6, 6.07) is 1.79. The molecule has 1 aromatic rings. The Balaban J connectivity index is 2.57. The van der Waals surface area contributed by atoms with Gasteiger partial charge in [-0.3, -0.25) is 0 Å². The van der Waals surface area contributed by atoms with Crippen molar-refractivity contribution in [1.82, 2.24) is 0 Å². The van der Waals surface area contributed by atoms with E-state index in [9.17, 15) is 9.90 Å². The summed E-state index contributed by atoms with van der Waals surface area (Å²) in [5.74, 6) is -1.37. The summed E-state index contributed by atoms with van der Waals surface area (Å²) < 4.78 is 0. The highest BCUT2D eigenvalue weighted by atomic mass is 32.1. The molecule has 0 aliphatic heterocycles. The van der Waals surface area contributed by atoms with Gasteiger partial charge in [0.1, 0.15) is 0 Å². The number of thiophene rings is 1. The summed E-state index contributed by atoms with van der Waals surface area (Å²) in [6.07, 6.45) is 0.663. The number of rotatable bonds is 1. The van der Waals surface area contributed by atoms with Gasteiger partial charge in [-0.2, -0.15) is 0 Å². The first-order valence-electron chi connectivity index (χ1n) is 4.51. The third-order valence-electron chi connectivity index (χ3n) is 2.87. The summed E-state index contributed by atoms with van der Waals surface area (Å²) in [4.78, 5) is 13.1. The van der Waals surface area contributed by atoms with Crippen molar-refractivity contribution in [2.24, 2.45) is 5.92 Å². The van der Waals surface area contributed by atoms with E-state index in [0.717, 1.165) is 9.75 Å². The molecule has 2 atom stereocenters. The van der Waals surface area contributed by atoms with E-state index in [4.69, 9.17) is 5.11 Å². The molecule has 0 bridgehead atoms. The molecule has 1 aliphatic rings. The Morgan fingerprint density at radius 2 is 2.36 bits per heavy atom. The Labute approximate surface area is 86.0 Å². The summed E-state index contributed by atoms with van der Waals surface area (Å²) in [5, 5.41) is 19.2. The lowest BCUT2D eigenvalue weighted by molar-refractivity contribution is -0.164. The van der Waals surface area contributed by atoms with E-state index in [2.05, 4.69) is 0 Å². The van der Waals surface area contributed by atoms with Crippen molar-refractivity contribution in [1.29, 1.82) is 0 Å². The number of hydrogen-bond acceptors (Lipinski definition) is 3. The van der Waals surface area contributed by atoms with Crippen LogP contribution in [0.15, 0.2) is 6.07 Å². The first-order chi connectivity index (χ1) is 6.46. The Bertz CT molecular complexity index is 396. The van der Waals surface area contributed by atoms with Crippen molar-refractivity contribution in [3.63, 3.8) is 0 Å². The molecule has 0 saturated carbocycles. The molecule has 3 nitrogen and oxygen atoms in total. The lowest BCUT2D eigenvalue weighted by atomic mass is 9.89. The first-order valence-corrected chi connectivity index (χ1v) is 5.33. The molecule has 2 unspecified atom stereocenters. The highest BCUT2D eigenvalue weighted by Gasteiger charge is 2.50. The Morgan fingerprint density at radius 1 is 1.71 bits per heavy atom. The van der Waals surface area contributed by atoms with Crippen molar-refractivity contribution >= 4 is 17.3 Å². The van der Waals surface area contributed by atoms with Gasteiger partial charge in [0.25, 0.3) is 0 Å². The molecular formula is C10H12O3S. The number of aliphatic carboxylic acids is 1. The zero-order valence-corrected chi connectivity index (χ0v) is 8.89. The van der Waals surface area contributed by atoms with E-state index in [1.807, 2.05) is 6.92 Å². The van der Waals surface area contributed by atoms with Gasteiger partial charge in [-0.25, -0.2) is 4.79 Å². The lowest BCUT2D eigenvalue weighted by Crippen LogP contribution is -2.38. The number of carbonyl (C=O) groups is 1. The van der Waals surface area contributed by atoms with Crippen LogP contribution in [0.25, 0.3) is 0 Å².